The number of amides is 2. The fraction of sp³-hybridized carbons (Fsp3) is 0.440. The van der Waals surface area contributed by atoms with Crippen LogP contribution in [0.1, 0.15) is 53.7 Å². The fourth-order valence-corrected chi connectivity index (χ4v) is 5.95. The number of carbonyl (C=O) groups is 2. The second-order valence-corrected chi connectivity index (χ2v) is 10.8. The van der Waals surface area contributed by atoms with Gasteiger partial charge in [0, 0.05) is 30.4 Å². The average Bonchev–Trinajstić information content (AvgIpc) is 2.72. The van der Waals surface area contributed by atoms with Gasteiger partial charge in [0.15, 0.2) is 0 Å². The van der Waals surface area contributed by atoms with Crippen LogP contribution in [0.3, 0.4) is 0 Å². The SMILES string of the molecule is Cc1cc(C)c(S(=O)(=O)Nc2ccc(C(=O)N3CCCC(C(=O)NC(C)C)C3)cc2)c(C)c1. The molecule has 1 heterocycles. The number of nitrogens with zero attached hydrogens (tertiary/aromatic N) is 1. The van der Waals surface area contributed by atoms with Crippen LogP contribution in [0, 0.1) is 26.7 Å². The summed E-state index contributed by atoms with van der Waals surface area (Å²) in [7, 11) is -3.76. The number of benzene rings is 2. The van der Waals surface area contributed by atoms with E-state index in [1.807, 2.05) is 32.9 Å². The van der Waals surface area contributed by atoms with Gasteiger partial charge in [-0.1, -0.05) is 17.7 Å². The maximum absolute atomic E-state index is 13.0. The molecule has 2 amide bonds. The molecule has 0 saturated carbocycles. The maximum atomic E-state index is 13.0. The molecule has 33 heavy (non-hydrogen) atoms. The van der Waals surface area contributed by atoms with Crippen LogP contribution in [0.15, 0.2) is 41.3 Å². The molecule has 7 nitrogen and oxygen atoms in total. The van der Waals surface area contributed by atoms with Crippen molar-refractivity contribution in [3.63, 3.8) is 0 Å². The monoisotopic (exact) mass is 471 g/mol. The van der Waals surface area contributed by atoms with Gasteiger partial charge in [-0.15, -0.1) is 0 Å². The number of sulfonamides is 1. The van der Waals surface area contributed by atoms with Crippen molar-refractivity contribution in [2.75, 3.05) is 17.8 Å². The standard InChI is InChI=1S/C25H33N3O4S/c1-16(2)26-24(29)21-7-6-12-28(15-21)25(30)20-8-10-22(11-9-20)27-33(31,32)23-18(4)13-17(3)14-19(23)5/h8-11,13-14,16,21,27H,6-7,12,15H2,1-5H3,(H,26,29). The molecule has 1 saturated heterocycles. The van der Waals surface area contributed by atoms with E-state index in [9.17, 15) is 18.0 Å². The highest BCUT2D eigenvalue weighted by atomic mass is 32.2. The zero-order valence-electron chi connectivity index (χ0n) is 19.9. The summed E-state index contributed by atoms with van der Waals surface area (Å²) in [4.78, 5) is 27.3. The van der Waals surface area contributed by atoms with Crippen molar-refractivity contribution in [2.24, 2.45) is 5.92 Å². The smallest absolute Gasteiger partial charge is 0.262 e. The van der Waals surface area contributed by atoms with E-state index in [0.717, 1.165) is 18.4 Å². The molecule has 0 spiro atoms. The summed E-state index contributed by atoms with van der Waals surface area (Å²) in [6, 6.07) is 10.2. The van der Waals surface area contributed by atoms with Gasteiger partial charge >= 0.3 is 0 Å². The van der Waals surface area contributed by atoms with Gasteiger partial charge in [-0.25, -0.2) is 8.42 Å². The van der Waals surface area contributed by atoms with Gasteiger partial charge in [-0.05, 0) is 82.9 Å². The minimum Gasteiger partial charge on any atom is -0.354 e. The fourth-order valence-electron chi connectivity index (χ4n) is 4.44. The predicted molar refractivity (Wildman–Crippen MR) is 130 cm³/mol. The number of hydrogen-bond acceptors (Lipinski definition) is 4. The van der Waals surface area contributed by atoms with Crippen LogP contribution in [0.2, 0.25) is 0 Å². The number of rotatable bonds is 6. The van der Waals surface area contributed by atoms with E-state index in [0.29, 0.717) is 35.5 Å². The molecule has 1 fully saturated rings. The Labute approximate surface area is 196 Å². The molecule has 0 aromatic heterocycles. The van der Waals surface area contributed by atoms with Crippen molar-refractivity contribution in [2.45, 2.75) is 58.4 Å². The Bertz CT molecular complexity index is 1120. The zero-order valence-corrected chi connectivity index (χ0v) is 20.8. The van der Waals surface area contributed by atoms with Crippen molar-refractivity contribution >= 4 is 27.5 Å². The van der Waals surface area contributed by atoms with E-state index < -0.39 is 10.0 Å². The number of hydrogen-bond donors (Lipinski definition) is 2. The molecule has 1 unspecified atom stereocenters. The molecule has 2 N–H and O–H groups in total. The molecule has 0 bridgehead atoms. The molecule has 3 rings (SSSR count). The summed E-state index contributed by atoms with van der Waals surface area (Å²) in [6.45, 7) is 10.3. The van der Waals surface area contributed by atoms with Crippen LogP contribution in [-0.4, -0.2) is 44.3 Å². The molecule has 1 atom stereocenters. The molecule has 178 valence electrons. The number of likely N-dealkylation sites (tertiary alicyclic amines) is 1. The van der Waals surface area contributed by atoms with Gasteiger partial charge in [0.25, 0.3) is 15.9 Å². The third-order valence-electron chi connectivity index (χ3n) is 5.77. The van der Waals surface area contributed by atoms with Crippen molar-refractivity contribution < 1.29 is 18.0 Å². The lowest BCUT2D eigenvalue weighted by Crippen LogP contribution is -2.46. The Balaban J connectivity index is 1.71. The van der Waals surface area contributed by atoms with Gasteiger partial charge in [-0.3, -0.25) is 14.3 Å². The van der Waals surface area contributed by atoms with Crippen LogP contribution in [0.4, 0.5) is 5.69 Å². The first kappa shape index (κ1) is 24.8. The Hall–Kier alpha value is -2.87. The Kier molecular flexibility index (Phi) is 7.47. The first-order valence-electron chi connectivity index (χ1n) is 11.3. The highest BCUT2D eigenvalue weighted by Gasteiger charge is 2.29. The van der Waals surface area contributed by atoms with Gasteiger partial charge in [0.2, 0.25) is 5.91 Å². The minimum atomic E-state index is -3.76. The van der Waals surface area contributed by atoms with Gasteiger partial charge in [0.1, 0.15) is 0 Å². The average molecular weight is 472 g/mol. The summed E-state index contributed by atoms with van der Waals surface area (Å²) >= 11 is 0. The van der Waals surface area contributed by atoms with Crippen LogP contribution in [0.5, 0.6) is 0 Å². The van der Waals surface area contributed by atoms with E-state index in [-0.39, 0.29) is 28.7 Å². The number of anilines is 1. The number of piperidine rings is 1. The van der Waals surface area contributed by atoms with E-state index in [4.69, 9.17) is 0 Å². The van der Waals surface area contributed by atoms with E-state index in [1.165, 1.54) is 0 Å². The molecule has 2 aromatic carbocycles. The highest BCUT2D eigenvalue weighted by Crippen LogP contribution is 2.25. The third-order valence-corrected chi connectivity index (χ3v) is 7.45. The second-order valence-electron chi connectivity index (χ2n) is 9.16. The molecule has 0 aliphatic carbocycles. The molecular weight excluding hydrogens is 438 g/mol. The number of aryl methyl sites for hydroxylation is 3. The minimum absolute atomic E-state index is 0.0195. The van der Waals surface area contributed by atoms with Crippen LogP contribution in [-0.2, 0) is 14.8 Å². The van der Waals surface area contributed by atoms with Crippen LogP contribution >= 0.6 is 0 Å². The van der Waals surface area contributed by atoms with Crippen molar-refractivity contribution in [1.82, 2.24) is 10.2 Å². The summed E-state index contributed by atoms with van der Waals surface area (Å²) in [5.41, 5.74) is 3.23. The summed E-state index contributed by atoms with van der Waals surface area (Å²) in [5, 5.41) is 2.92. The normalized spacial score (nSPS) is 16.5. The van der Waals surface area contributed by atoms with E-state index >= 15 is 0 Å². The Morgan fingerprint density at radius 3 is 2.21 bits per heavy atom. The molecule has 8 heteroatoms. The zero-order chi connectivity index (χ0) is 24.3. The molecule has 2 aromatic rings. The predicted octanol–water partition coefficient (Wildman–Crippen LogP) is 3.79. The first-order valence-corrected chi connectivity index (χ1v) is 12.8. The lowest BCUT2D eigenvalue weighted by molar-refractivity contribution is -0.126. The largest absolute Gasteiger partial charge is 0.354 e. The first-order chi connectivity index (χ1) is 15.5. The molecule has 0 radical (unpaired) electrons. The summed E-state index contributed by atoms with van der Waals surface area (Å²) < 4.78 is 28.6. The van der Waals surface area contributed by atoms with Gasteiger partial charge in [-0.2, -0.15) is 0 Å². The Morgan fingerprint density at radius 2 is 1.64 bits per heavy atom. The van der Waals surface area contributed by atoms with Crippen LogP contribution in [0.25, 0.3) is 0 Å². The van der Waals surface area contributed by atoms with Crippen molar-refractivity contribution in [3.05, 3.63) is 58.7 Å². The highest BCUT2D eigenvalue weighted by molar-refractivity contribution is 7.92. The van der Waals surface area contributed by atoms with E-state index in [1.54, 1.807) is 43.0 Å². The lowest BCUT2D eigenvalue weighted by Gasteiger charge is -2.32. The molecular formula is C25H33N3O4S. The second kappa shape index (κ2) is 9.95. The lowest BCUT2D eigenvalue weighted by atomic mass is 9.96. The van der Waals surface area contributed by atoms with Gasteiger partial charge in [0.05, 0.1) is 10.8 Å². The van der Waals surface area contributed by atoms with E-state index in [2.05, 4.69) is 10.0 Å². The Morgan fingerprint density at radius 1 is 1.03 bits per heavy atom. The topological polar surface area (TPSA) is 95.6 Å². The summed E-state index contributed by atoms with van der Waals surface area (Å²) in [6.07, 6.45) is 1.54. The van der Waals surface area contributed by atoms with Gasteiger partial charge < -0.3 is 10.2 Å². The maximum Gasteiger partial charge on any atom is 0.262 e. The quantitative estimate of drug-likeness (QED) is 0.670. The molecule has 1 aliphatic heterocycles. The number of nitrogens with one attached hydrogen (secondary N) is 2. The number of carbonyl (C=O) groups excluding carboxylic acids is 2. The third kappa shape index (κ3) is 5.93. The van der Waals surface area contributed by atoms with Crippen LogP contribution < -0.4 is 10.0 Å². The van der Waals surface area contributed by atoms with Crippen molar-refractivity contribution in [1.29, 1.82) is 0 Å². The van der Waals surface area contributed by atoms with Crippen molar-refractivity contribution in [3.8, 4) is 0 Å². The molecule has 1 aliphatic rings. The summed E-state index contributed by atoms with van der Waals surface area (Å²) in [5.74, 6) is -0.386.